The molecule has 3 rings (SSSR count). The molecule has 0 saturated carbocycles. The Morgan fingerprint density at radius 2 is 1.74 bits per heavy atom. The molecule has 0 radical (unpaired) electrons. The van der Waals surface area contributed by atoms with Gasteiger partial charge in [0.15, 0.2) is 0 Å². The van der Waals surface area contributed by atoms with Gasteiger partial charge in [0.25, 0.3) is 0 Å². The van der Waals surface area contributed by atoms with Crippen LogP contribution in [0.3, 0.4) is 0 Å². The smallest absolute Gasteiger partial charge is 0.321 e. The van der Waals surface area contributed by atoms with Gasteiger partial charge in [-0.15, -0.1) is 0 Å². The fourth-order valence-corrected chi connectivity index (χ4v) is 3.61. The number of amides is 3. The van der Waals surface area contributed by atoms with Crippen LogP contribution in [0.1, 0.15) is 12.5 Å². The van der Waals surface area contributed by atoms with Crippen LogP contribution in [0.2, 0.25) is 0 Å². The third-order valence-corrected chi connectivity index (χ3v) is 5.41. The van der Waals surface area contributed by atoms with Crippen LogP contribution in [0.25, 0.3) is 0 Å². The predicted molar refractivity (Wildman–Crippen MR) is 117 cm³/mol. The quantitative estimate of drug-likeness (QED) is 0.589. The van der Waals surface area contributed by atoms with E-state index in [1.54, 1.807) is 4.90 Å². The molecule has 2 saturated heterocycles. The maximum Gasteiger partial charge on any atom is 0.321 e. The number of hydrogen-bond donors (Lipinski definition) is 1. The number of rotatable bonds is 9. The maximum atomic E-state index is 12.6. The Labute approximate surface area is 184 Å². The number of carbonyl (C=O) groups is 2. The van der Waals surface area contributed by atoms with Gasteiger partial charge in [0, 0.05) is 51.6 Å². The number of benzene rings is 1. The highest BCUT2D eigenvalue weighted by atomic mass is 16.5. The summed E-state index contributed by atoms with van der Waals surface area (Å²) in [6.45, 7) is 9.78. The Kier molecular flexibility index (Phi) is 9.54. The summed E-state index contributed by atoms with van der Waals surface area (Å²) >= 11 is 0. The molecule has 0 aliphatic carbocycles. The first-order valence-electron chi connectivity index (χ1n) is 11.0. The lowest BCUT2D eigenvalue weighted by Gasteiger charge is -2.36. The zero-order chi connectivity index (χ0) is 21.9. The van der Waals surface area contributed by atoms with Crippen molar-refractivity contribution >= 4 is 17.6 Å². The second-order valence-corrected chi connectivity index (χ2v) is 7.64. The van der Waals surface area contributed by atoms with Gasteiger partial charge in [0.1, 0.15) is 0 Å². The highest BCUT2D eigenvalue weighted by molar-refractivity contribution is 5.89. The van der Waals surface area contributed by atoms with Crippen LogP contribution in [-0.2, 0) is 25.6 Å². The van der Waals surface area contributed by atoms with Crippen molar-refractivity contribution in [1.29, 1.82) is 0 Å². The molecule has 1 aromatic carbocycles. The highest BCUT2D eigenvalue weighted by Crippen LogP contribution is 2.13. The summed E-state index contributed by atoms with van der Waals surface area (Å²) < 4.78 is 16.2. The molecule has 3 amide bonds. The summed E-state index contributed by atoms with van der Waals surface area (Å²) in [5, 5.41) is 2.97. The maximum absolute atomic E-state index is 12.6. The van der Waals surface area contributed by atoms with Crippen molar-refractivity contribution in [2.24, 2.45) is 0 Å². The first-order valence-corrected chi connectivity index (χ1v) is 11.0. The average molecular weight is 435 g/mol. The fourth-order valence-electron chi connectivity index (χ4n) is 3.61. The molecular weight excluding hydrogens is 400 g/mol. The van der Waals surface area contributed by atoms with Crippen LogP contribution in [0, 0.1) is 0 Å². The van der Waals surface area contributed by atoms with Gasteiger partial charge in [0.2, 0.25) is 5.91 Å². The van der Waals surface area contributed by atoms with Crippen LogP contribution >= 0.6 is 0 Å². The number of nitrogens with zero attached hydrogens (tertiary/aromatic N) is 3. The summed E-state index contributed by atoms with van der Waals surface area (Å²) in [5.41, 5.74) is 1.75. The Morgan fingerprint density at radius 1 is 1.00 bits per heavy atom. The van der Waals surface area contributed by atoms with E-state index in [1.165, 1.54) is 0 Å². The number of morpholine rings is 1. The molecule has 9 nitrogen and oxygen atoms in total. The molecule has 31 heavy (non-hydrogen) atoms. The molecule has 0 unspecified atom stereocenters. The fraction of sp³-hybridized carbons (Fsp3) is 0.636. The van der Waals surface area contributed by atoms with Crippen molar-refractivity contribution in [2.45, 2.75) is 13.5 Å². The second-order valence-electron chi connectivity index (χ2n) is 7.64. The van der Waals surface area contributed by atoms with Crippen molar-refractivity contribution in [1.82, 2.24) is 14.7 Å². The number of carbonyl (C=O) groups excluding carboxylic acids is 2. The number of urea groups is 1. The van der Waals surface area contributed by atoms with Gasteiger partial charge in [0.05, 0.1) is 39.6 Å². The molecule has 9 heteroatoms. The second kappa shape index (κ2) is 12.6. The molecule has 1 N–H and O–H groups in total. The molecule has 2 aliphatic heterocycles. The first-order chi connectivity index (χ1) is 15.2. The van der Waals surface area contributed by atoms with Gasteiger partial charge in [-0.05, 0) is 24.6 Å². The lowest BCUT2D eigenvalue weighted by atomic mass is 10.2. The molecule has 2 aliphatic rings. The summed E-state index contributed by atoms with van der Waals surface area (Å²) in [4.78, 5) is 30.8. The third kappa shape index (κ3) is 7.77. The number of ether oxygens (including phenoxy) is 3. The van der Waals surface area contributed by atoms with Crippen molar-refractivity contribution in [3.63, 3.8) is 0 Å². The van der Waals surface area contributed by atoms with Crippen molar-refractivity contribution in [2.75, 3.05) is 84.2 Å². The van der Waals surface area contributed by atoms with E-state index in [4.69, 9.17) is 14.2 Å². The first kappa shape index (κ1) is 23.5. The number of nitrogens with one attached hydrogen (secondary N) is 1. The average Bonchev–Trinajstić information content (AvgIpc) is 2.80. The molecule has 0 bridgehead atoms. The van der Waals surface area contributed by atoms with E-state index < -0.39 is 0 Å². The zero-order valence-corrected chi connectivity index (χ0v) is 18.4. The predicted octanol–water partition coefficient (Wildman–Crippen LogP) is 1.25. The summed E-state index contributed by atoms with van der Waals surface area (Å²) in [6.07, 6.45) is 0. The zero-order valence-electron chi connectivity index (χ0n) is 18.4. The van der Waals surface area contributed by atoms with Crippen molar-refractivity contribution in [3.8, 4) is 0 Å². The lowest BCUT2D eigenvalue weighted by molar-refractivity contribution is -0.136. The molecule has 2 heterocycles. The summed E-state index contributed by atoms with van der Waals surface area (Å²) in [7, 11) is 0. The SMILES string of the molecule is CCOCCOCc1cccc(NC(=O)N2CCN(CC(=O)N3CCOCC3)CC2)c1. The monoisotopic (exact) mass is 434 g/mol. The standard InChI is InChI=1S/C22H34N4O5/c1-2-29-14-15-31-18-19-4-3-5-20(16-19)23-22(28)26-8-6-24(7-9-26)17-21(27)25-10-12-30-13-11-25/h3-5,16H,2,6-15,17-18H2,1H3,(H,23,28). The van der Waals surface area contributed by atoms with Gasteiger partial charge in [-0.25, -0.2) is 4.79 Å². The van der Waals surface area contributed by atoms with E-state index in [-0.39, 0.29) is 11.9 Å². The minimum atomic E-state index is -0.117. The van der Waals surface area contributed by atoms with Gasteiger partial charge >= 0.3 is 6.03 Å². The van der Waals surface area contributed by atoms with Crippen LogP contribution < -0.4 is 5.32 Å². The van der Waals surface area contributed by atoms with E-state index in [0.29, 0.717) is 85.5 Å². The highest BCUT2D eigenvalue weighted by Gasteiger charge is 2.25. The molecular formula is C22H34N4O5. The van der Waals surface area contributed by atoms with E-state index >= 15 is 0 Å². The van der Waals surface area contributed by atoms with Gasteiger partial charge in [-0.2, -0.15) is 0 Å². The van der Waals surface area contributed by atoms with E-state index in [9.17, 15) is 9.59 Å². The van der Waals surface area contributed by atoms with Crippen molar-refractivity contribution < 1.29 is 23.8 Å². The van der Waals surface area contributed by atoms with Crippen LogP contribution in [0.15, 0.2) is 24.3 Å². The third-order valence-electron chi connectivity index (χ3n) is 5.41. The van der Waals surface area contributed by atoms with Gasteiger partial charge < -0.3 is 29.3 Å². The Bertz CT molecular complexity index is 703. The van der Waals surface area contributed by atoms with E-state index in [2.05, 4.69) is 10.2 Å². The molecule has 0 aromatic heterocycles. The van der Waals surface area contributed by atoms with Gasteiger partial charge in [-0.3, -0.25) is 9.69 Å². The summed E-state index contributed by atoms with van der Waals surface area (Å²) in [6, 6.07) is 7.56. The number of piperazine rings is 1. The minimum Gasteiger partial charge on any atom is -0.379 e. The number of hydrogen-bond acceptors (Lipinski definition) is 6. The largest absolute Gasteiger partial charge is 0.379 e. The minimum absolute atomic E-state index is 0.117. The number of anilines is 1. The molecule has 1 aromatic rings. The van der Waals surface area contributed by atoms with Crippen LogP contribution in [0.5, 0.6) is 0 Å². The van der Waals surface area contributed by atoms with Crippen LogP contribution in [-0.4, -0.2) is 105 Å². The molecule has 172 valence electrons. The van der Waals surface area contributed by atoms with E-state index in [1.807, 2.05) is 36.1 Å². The van der Waals surface area contributed by atoms with E-state index in [0.717, 1.165) is 11.3 Å². The molecule has 0 atom stereocenters. The topological polar surface area (TPSA) is 83.6 Å². The Hall–Kier alpha value is -2.20. The van der Waals surface area contributed by atoms with Crippen LogP contribution in [0.4, 0.5) is 10.5 Å². The lowest BCUT2D eigenvalue weighted by Crippen LogP contribution is -2.53. The van der Waals surface area contributed by atoms with Crippen molar-refractivity contribution in [3.05, 3.63) is 29.8 Å². The van der Waals surface area contributed by atoms with Gasteiger partial charge in [-0.1, -0.05) is 12.1 Å². The molecule has 0 spiro atoms. The summed E-state index contributed by atoms with van der Waals surface area (Å²) in [5.74, 6) is 0.140. The Morgan fingerprint density at radius 3 is 2.48 bits per heavy atom. The normalized spacial score (nSPS) is 17.6. The Balaban J connectivity index is 1.38. The molecule has 2 fully saturated rings.